The van der Waals surface area contributed by atoms with Gasteiger partial charge < -0.3 is 18.9 Å². The number of para-hydroxylation sites is 1. The largest absolute Gasteiger partial charge is 0.755 e. The standard InChI is InChI=1S/C11H14N2O4S/c1-2-6-13-10(14)7-17-9-5-3-4-8(11(9)13)12-18(15)16/h3-5,12H,2,6-7H2,1H3,(H,15,16)/p-1. The van der Waals surface area contributed by atoms with Crippen molar-refractivity contribution >= 4 is 28.5 Å². The third-order valence-electron chi connectivity index (χ3n) is 2.56. The van der Waals surface area contributed by atoms with Crippen LogP contribution in [0.1, 0.15) is 13.3 Å². The molecule has 1 aliphatic rings. The second-order valence-electron chi connectivity index (χ2n) is 3.82. The van der Waals surface area contributed by atoms with Crippen molar-refractivity contribution in [1.29, 1.82) is 0 Å². The molecule has 0 fully saturated rings. The van der Waals surface area contributed by atoms with Crippen LogP contribution in [-0.2, 0) is 16.1 Å². The van der Waals surface area contributed by atoms with Crippen LogP contribution >= 0.6 is 0 Å². The molecule has 0 saturated heterocycles. The van der Waals surface area contributed by atoms with E-state index in [1.54, 1.807) is 23.1 Å². The van der Waals surface area contributed by atoms with Crippen LogP contribution in [0.2, 0.25) is 0 Å². The highest BCUT2D eigenvalue weighted by Crippen LogP contribution is 2.38. The van der Waals surface area contributed by atoms with E-state index in [2.05, 4.69) is 4.72 Å². The Labute approximate surface area is 107 Å². The Morgan fingerprint density at radius 2 is 2.33 bits per heavy atom. The van der Waals surface area contributed by atoms with E-state index in [1.165, 1.54) is 0 Å². The number of carbonyl (C=O) groups excluding carboxylic acids is 1. The van der Waals surface area contributed by atoms with Gasteiger partial charge in [0.1, 0.15) is 11.4 Å². The summed E-state index contributed by atoms with van der Waals surface area (Å²) in [5.41, 5.74) is 0.835. The first-order valence-electron chi connectivity index (χ1n) is 5.55. The van der Waals surface area contributed by atoms with Gasteiger partial charge in [0.15, 0.2) is 6.61 Å². The molecule has 6 nitrogen and oxygen atoms in total. The monoisotopic (exact) mass is 269 g/mol. The molecule has 0 bridgehead atoms. The maximum atomic E-state index is 11.8. The van der Waals surface area contributed by atoms with Gasteiger partial charge in [-0.25, -0.2) is 0 Å². The van der Waals surface area contributed by atoms with Crippen LogP contribution in [0, 0.1) is 0 Å². The molecule has 1 N–H and O–H groups in total. The molecule has 1 heterocycles. The van der Waals surface area contributed by atoms with Crippen LogP contribution in [0.25, 0.3) is 0 Å². The summed E-state index contributed by atoms with van der Waals surface area (Å²) in [7, 11) is 0. The molecule has 0 aromatic heterocycles. The second-order valence-corrected chi connectivity index (χ2v) is 4.50. The average molecular weight is 269 g/mol. The van der Waals surface area contributed by atoms with E-state index in [-0.39, 0.29) is 12.5 Å². The summed E-state index contributed by atoms with van der Waals surface area (Å²) in [6.45, 7) is 2.46. The molecular formula is C11H13N2O4S-. The zero-order valence-electron chi connectivity index (χ0n) is 9.84. The molecule has 7 heteroatoms. The van der Waals surface area contributed by atoms with Crippen molar-refractivity contribution in [3.8, 4) is 5.75 Å². The number of ether oxygens (including phenoxy) is 1. The van der Waals surface area contributed by atoms with Gasteiger partial charge in [0.05, 0.1) is 5.69 Å². The van der Waals surface area contributed by atoms with Gasteiger partial charge in [-0.15, -0.1) is 0 Å². The molecule has 1 unspecified atom stereocenters. The predicted molar refractivity (Wildman–Crippen MR) is 67.1 cm³/mol. The topological polar surface area (TPSA) is 81.7 Å². The van der Waals surface area contributed by atoms with Gasteiger partial charge in [-0.2, -0.15) is 0 Å². The van der Waals surface area contributed by atoms with Gasteiger partial charge in [0.25, 0.3) is 5.91 Å². The summed E-state index contributed by atoms with van der Waals surface area (Å²) in [5.74, 6) is 0.341. The minimum Gasteiger partial charge on any atom is -0.755 e. The van der Waals surface area contributed by atoms with Crippen molar-refractivity contribution in [3.05, 3.63) is 18.2 Å². The maximum absolute atomic E-state index is 11.8. The number of hydrogen-bond acceptors (Lipinski definition) is 4. The first-order valence-corrected chi connectivity index (χ1v) is 6.63. The van der Waals surface area contributed by atoms with Gasteiger partial charge in [-0.05, 0) is 18.6 Å². The summed E-state index contributed by atoms with van der Waals surface area (Å²) in [6, 6.07) is 4.98. The number of nitrogens with one attached hydrogen (secondary N) is 1. The predicted octanol–water partition coefficient (Wildman–Crippen LogP) is 1.03. The van der Waals surface area contributed by atoms with E-state index in [0.717, 1.165) is 6.42 Å². The third kappa shape index (κ3) is 2.46. The lowest BCUT2D eigenvalue weighted by Gasteiger charge is -2.31. The number of amides is 1. The zero-order chi connectivity index (χ0) is 13.1. The number of benzene rings is 1. The van der Waals surface area contributed by atoms with E-state index in [4.69, 9.17) is 4.74 Å². The summed E-state index contributed by atoms with van der Waals surface area (Å²) in [6.07, 6.45) is 0.778. The molecule has 1 aliphatic heterocycles. The van der Waals surface area contributed by atoms with E-state index < -0.39 is 11.3 Å². The molecule has 18 heavy (non-hydrogen) atoms. The van der Waals surface area contributed by atoms with E-state index in [9.17, 15) is 13.6 Å². The minimum atomic E-state index is -2.44. The fraction of sp³-hybridized carbons (Fsp3) is 0.364. The number of fused-ring (bicyclic) bond motifs is 1. The lowest BCUT2D eigenvalue weighted by atomic mass is 10.2. The number of nitrogens with zero attached hydrogens (tertiary/aromatic N) is 1. The Kier molecular flexibility index (Phi) is 3.83. The van der Waals surface area contributed by atoms with E-state index >= 15 is 0 Å². The highest BCUT2D eigenvalue weighted by atomic mass is 32.2. The summed E-state index contributed by atoms with van der Waals surface area (Å²) in [4.78, 5) is 13.4. The van der Waals surface area contributed by atoms with Crippen molar-refractivity contribution in [2.75, 3.05) is 22.8 Å². The zero-order valence-corrected chi connectivity index (χ0v) is 10.7. The Morgan fingerprint density at radius 1 is 1.56 bits per heavy atom. The fourth-order valence-electron chi connectivity index (χ4n) is 1.89. The van der Waals surface area contributed by atoms with Crippen molar-refractivity contribution in [3.63, 3.8) is 0 Å². The van der Waals surface area contributed by atoms with E-state index in [0.29, 0.717) is 23.7 Å². The Bertz CT molecular complexity index is 492. The summed E-state index contributed by atoms with van der Waals surface area (Å²) in [5, 5.41) is 0. The Morgan fingerprint density at radius 3 is 3.00 bits per heavy atom. The highest BCUT2D eigenvalue weighted by Gasteiger charge is 2.27. The molecule has 2 rings (SSSR count). The van der Waals surface area contributed by atoms with Crippen LogP contribution < -0.4 is 14.4 Å². The van der Waals surface area contributed by atoms with Crippen LogP contribution in [0.4, 0.5) is 11.4 Å². The summed E-state index contributed by atoms with van der Waals surface area (Å²) < 4.78 is 29.1. The van der Waals surface area contributed by atoms with Gasteiger partial charge in [-0.1, -0.05) is 13.0 Å². The number of hydrogen-bond donors (Lipinski definition) is 1. The van der Waals surface area contributed by atoms with Crippen molar-refractivity contribution in [2.24, 2.45) is 0 Å². The lowest BCUT2D eigenvalue weighted by Crippen LogP contribution is -2.39. The van der Waals surface area contributed by atoms with Gasteiger partial charge in [0, 0.05) is 17.8 Å². The Balaban J connectivity index is 2.45. The molecule has 1 aromatic carbocycles. The van der Waals surface area contributed by atoms with Crippen LogP contribution in [-0.4, -0.2) is 27.8 Å². The molecule has 1 aromatic rings. The molecule has 0 saturated carbocycles. The van der Waals surface area contributed by atoms with E-state index in [1.807, 2.05) is 6.92 Å². The Hall–Kier alpha value is -1.60. The van der Waals surface area contributed by atoms with Crippen molar-refractivity contribution < 1.29 is 18.3 Å². The molecule has 0 aliphatic carbocycles. The van der Waals surface area contributed by atoms with Crippen molar-refractivity contribution in [2.45, 2.75) is 13.3 Å². The minimum absolute atomic E-state index is 0.0169. The maximum Gasteiger partial charge on any atom is 0.265 e. The average Bonchev–Trinajstić information content (AvgIpc) is 2.32. The third-order valence-corrected chi connectivity index (χ3v) is 2.95. The lowest BCUT2D eigenvalue weighted by molar-refractivity contribution is -0.121. The molecule has 0 spiro atoms. The van der Waals surface area contributed by atoms with Crippen LogP contribution in [0.5, 0.6) is 5.75 Å². The second kappa shape index (κ2) is 5.36. The summed E-state index contributed by atoms with van der Waals surface area (Å²) >= 11 is -2.44. The quantitative estimate of drug-likeness (QED) is 0.828. The molecule has 98 valence electrons. The van der Waals surface area contributed by atoms with Crippen LogP contribution in [0.3, 0.4) is 0 Å². The number of anilines is 2. The molecule has 0 radical (unpaired) electrons. The first-order chi connectivity index (χ1) is 8.63. The molecular weight excluding hydrogens is 256 g/mol. The van der Waals surface area contributed by atoms with Crippen molar-refractivity contribution in [1.82, 2.24) is 0 Å². The fourth-order valence-corrected chi connectivity index (χ4v) is 2.24. The number of rotatable bonds is 4. The van der Waals surface area contributed by atoms with Gasteiger partial charge in [0.2, 0.25) is 0 Å². The first kappa shape index (κ1) is 12.8. The van der Waals surface area contributed by atoms with Gasteiger partial charge >= 0.3 is 0 Å². The number of carbonyl (C=O) groups is 1. The molecule has 1 atom stereocenters. The smallest absolute Gasteiger partial charge is 0.265 e. The molecule has 1 amide bonds. The highest BCUT2D eigenvalue weighted by molar-refractivity contribution is 7.80. The van der Waals surface area contributed by atoms with Crippen LogP contribution in [0.15, 0.2) is 18.2 Å². The normalized spacial score (nSPS) is 15.9. The van der Waals surface area contributed by atoms with Gasteiger partial charge in [-0.3, -0.25) is 9.00 Å². The SMILES string of the molecule is CCCN1C(=O)COc2cccc(NS(=O)[O-])c21.